The largest absolute Gasteiger partial charge is 0.339 e. The molecule has 6 nitrogen and oxygen atoms in total. The summed E-state index contributed by atoms with van der Waals surface area (Å²) in [6, 6.07) is 8.40. The summed E-state index contributed by atoms with van der Waals surface area (Å²) in [6.07, 6.45) is 13.7. The highest BCUT2D eigenvalue weighted by Gasteiger charge is 2.24. The Balaban J connectivity index is 1.27. The lowest BCUT2D eigenvalue weighted by atomic mass is 9.94. The van der Waals surface area contributed by atoms with Crippen LogP contribution in [-0.4, -0.2) is 25.6 Å². The lowest BCUT2D eigenvalue weighted by Gasteiger charge is -2.10. The maximum absolute atomic E-state index is 5.86. The Hall–Kier alpha value is -3.12. The summed E-state index contributed by atoms with van der Waals surface area (Å²) in [6.45, 7) is 1.89. The van der Waals surface area contributed by atoms with Crippen LogP contribution < -0.4 is 5.73 Å². The maximum Gasteiger partial charge on any atom is 0.123 e. The lowest BCUT2D eigenvalue weighted by Crippen LogP contribution is -2.08. The first-order valence-corrected chi connectivity index (χ1v) is 10.7. The van der Waals surface area contributed by atoms with E-state index in [1.807, 2.05) is 6.92 Å². The number of rotatable bonds is 5. The van der Waals surface area contributed by atoms with Gasteiger partial charge in [0.05, 0.1) is 36.0 Å². The fraction of sp³-hybridized carbons (Fsp3) is 0.333. The minimum absolute atomic E-state index is 0.140. The van der Waals surface area contributed by atoms with Gasteiger partial charge in [-0.1, -0.05) is 37.1 Å². The van der Waals surface area contributed by atoms with Gasteiger partial charge in [-0.15, -0.1) is 0 Å². The minimum atomic E-state index is -0.140. The summed E-state index contributed by atoms with van der Waals surface area (Å²) in [5.41, 5.74) is 13.3. The Kier molecular flexibility index (Phi) is 5.01. The molecule has 0 bridgehead atoms. The molecule has 0 spiro atoms. The predicted octanol–water partition coefficient (Wildman–Crippen LogP) is 4.93. The molecule has 1 aliphatic carbocycles. The maximum atomic E-state index is 5.86. The molecule has 1 saturated carbocycles. The van der Waals surface area contributed by atoms with Crippen LogP contribution in [0.25, 0.3) is 28.2 Å². The molecule has 30 heavy (non-hydrogen) atoms. The van der Waals surface area contributed by atoms with E-state index in [9.17, 15) is 0 Å². The van der Waals surface area contributed by atoms with Gasteiger partial charge in [0.25, 0.3) is 0 Å². The fourth-order valence-corrected chi connectivity index (χ4v) is 4.30. The average Bonchev–Trinajstić information content (AvgIpc) is 3.55. The van der Waals surface area contributed by atoms with Crippen LogP contribution in [0.15, 0.2) is 54.0 Å². The number of H-pyrrole nitrogens is 1. The van der Waals surface area contributed by atoms with E-state index in [1.54, 1.807) is 18.6 Å². The highest BCUT2D eigenvalue weighted by molar-refractivity contribution is 5.99. The minimum Gasteiger partial charge on any atom is -0.339 e. The Morgan fingerprint density at radius 1 is 0.933 bits per heavy atom. The number of aromatic amines is 1. The number of hydrogen-bond donors (Lipinski definition) is 2. The molecular weight excluding hydrogens is 372 g/mol. The molecule has 3 N–H and O–H groups in total. The molecule has 1 fully saturated rings. The molecule has 2 aliphatic rings. The molecule has 0 unspecified atom stereocenters. The number of hydrogen-bond acceptors (Lipinski definition) is 5. The van der Waals surface area contributed by atoms with Gasteiger partial charge in [-0.25, -0.2) is 4.98 Å². The first-order chi connectivity index (χ1) is 14.7. The van der Waals surface area contributed by atoms with Gasteiger partial charge in [0.2, 0.25) is 0 Å². The number of benzene rings is 1. The lowest BCUT2D eigenvalue weighted by molar-refractivity contribution is 0.722. The predicted molar refractivity (Wildman–Crippen MR) is 120 cm³/mol. The van der Waals surface area contributed by atoms with Gasteiger partial charge in [-0.2, -0.15) is 0 Å². The monoisotopic (exact) mass is 398 g/mol. The highest BCUT2D eigenvalue weighted by atomic mass is 15.0. The molecule has 0 saturated heterocycles. The second-order valence-corrected chi connectivity index (χ2v) is 8.27. The van der Waals surface area contributed by atoms with Crippen molar-refractivity contribution in [2.75, 3.05) is 0 Å². The first kappa shape index (κ1) is 18.9. The van der Waals surface area contributed by atoms with Crippen molar-refractivity contribution < 1.29 is 0 Å². The van der Waals surface area contributed by atoms with Gasteiger partial charge in [-0.3, -0.25) is 15.0 Å². The second-order valence-electron chi connectivity index (χ2n) is 8.27. The van der Waals surface area contributed by atoms with Gasteiger partial charge >= 0.3 is 0 Å². The van der Waals surface area contributed by atoms with Crippen molar-refractivity contribution >= 4 is 11.3 Å². The van der Waals surface area contributed by atoms with Gasteiger partial charge in [0, 0.05) is 23.9 Å². The van der Waals surface area contributed by atoms with Crippen LogP contribution >= 0.6 is 0 Å². The zero-order valence-electron chi connectivity index (χ0n) is 17.2. The molecule has 1 aromatic carbocycles. The number of aromatic nitrogens is 4. The zero-order chi connectivity index (χ0) is 20.5. The summed E-state index contributed by atoms with van der Waals surface area (Å²) in [7, 11) is 0. The summed E-state index contributed by atoms with van der Waals surface area (Å²) in [5, 5.41) is 0. The standard InChI is InChI=1S/C24H26N6/c1-15(25)24-29-14-23(30-24)22-13-27-21(12-28-22)18-8-6-16(7-9-18)19-10-20(26-11-19)17-4-2-3-5-17/h6-9,11-15,17H,2-5,10,25H2,1H3,(H,29,30)/t15-/m0/s1. The van der Waals surface area contributed by atoms with Crippen molar-refractivity contribution in [2.24, 2.45) is 16.6 Å². The van der Waals surface area contributed by atoms with Crippen LogP contribution in [-0.2, 0) is 0 Å². The fourth-order valence-electron chi connectivity index (χ4n) is 4.30. The number of nitrogens with zero attached hydrogens (tertiary/aromatic N) is 4. The normalized spacial score (nSPS) is 17.8. The molecular formula is C24H26N6. The third-order valence-corrected chi connectivity index (χ3v) is 6.09. The van der Waals surface area contributed by atoms with Crippen LogP contribution in [0.1, 0.15) is 56.5 Å². The molecule has 0 radical (unpaired) electrons. The van der Waals surface area contributed by atoms with E-state index in [-0.39, 0.29) is 6.04 Å². The number of nitrogens with one attached hydrogen (secondary N) is 1. The van der Waals surface area contributed by atoms with Gasteiger partial charge in [-0.05, 0) is 36.8 Å². The van der Waals surface area contributed by atoms with E-state index < -0.39 is 0 Å². The van der Waals surface area contributed by atoms with E-state index >= 15 is 0 Å². The van der Waals surface area contributed by atoms with E-state index in [0.717, 1.165) is 34.9 Å². The quantitative estimate of drug-likeness (QED) is 0.637. The van der Waals surface area contributed by atoms with Crippen molar-refractivity contribution in [3.05, 3.63) is 60.4 Å². The number of nitrogens with two attached hydrogens (primary N) is 1. The third-order valence-electron chi connectivity index (χ3n) is 6.09. The van der Waals surface area contributed by atoms with E-state index in [0.29, 0.717) is 5.92 Å². The summed E-state index contributed by atoms with van der Waals surface area (Å²) < 4.78 is 0. The van der Waals surface area contributed by atoms with Crippen molar-refractivity contribution in [2.45, 2.75) is 45.1 Å². The molecule has 3 aromatic rings. The summed E-state index contributed by atoms with van der Waals surface area (Å²) in [4.78, 5) is 21.3. The Bertz CT molecular complexity index is 1080. The van der Waals surface area contributed by atoms with Crippen LogP contribution in [0.2, 0.25) is 0 Å². The smallest absolute Gasteiger partial charge is 0.123 e. The molecule has 0 amide bonds. The van der Waals surface area contributed by atoms with Crippen LogP contribution in [0.3, 0.4) is 0 Å². The SMILES string of the molecule is C[C@H](N)c1ncc(-c2cnc(-c3ccc(C4=CN=C(C5CCCC5)C4)cc3)cn2)[nH]1. The van der Waals surface area contributed by atoms with Gasteiger partial charge in [0.1, 0.15) is 11.5 Å². The summed E-state index contributed by atoms with van der Waals surface area (Å²) >= 11 is 0. The molecule has 5 rings (SSSR count). The number of aliphatic imine (C=N–C) groups is 1. The molecule has 1 atom stereocenters. The highest BCUT2D eigenvalue weighted by Crippen LogP contribution is 2.34. The third kappa shape index (κ3) is 3.71. The second kappa shape index (κ2) is 7.95. The van der Waals surface area contributed by atoms with Gasteiger partial charge in [0.15, 0.2) is 0 Å². The van der Waals surface area contributed by atoms with E-state index in [2.05, 4.69) is 50.4 Å². The Labute approximate surface area is 176 Å². The molecule has 152 valence electrons. The van der Waals surface area contributed by atoms with Crippen LogP contribution in [0, 0.1) is 5.92 Å². The number of allylic oxidation sites excluding steroid dienone is 1. The van der Waals surface area contributed by atoms with Crippen molar-refractivity contribution in [1.29, 1.82) is 0 Å². The number of imidazole rings is 1. The van der Waals surface area contributed by atoms with E-state index in [1.165, 1.54) is 42.5 Å². The molecule has 2 aromatic heterocycles. The van der Waals surface area contributed by atoms with Crippen LogP contribution in [0.5, 0.6) is 0 Å². The van der Waals surface area contributed by atoms with Crippen molar-refractivity contribution in [3.63, 3.8) is 0 Å². The summed E-state index contributed by atoms with van der Waals surface area (Å²) in [5.74, 6) is 1.44. The molecule has 3 heterocycles. The average molecular weight is 399 g/mol. The van der Waals surface area contributed by atoms with E-state index in [4.69, 9.17) is 10.7 Å². The van der Waals surface area contributed by atoms with Crippen molar-refractivity contribution in [3.8, 4) is 22.6 Å². The molecule has 6 heteroatoms. The molecule has 1 aliphatic heterocycles. The zero-order valence-corrected chi connectivity index (χ0v) is 17.2. The van der Waals surface area contributed by atoms with Gasteiger partial charge < -0.3 is 10.7 Å². The topological polar surface area (TPSA) is 92.8 Å². The van der Waals surface area contributed by atoms with Crippen molar-refractivity contribution in [1.82, 2.24) is 19.9 Å². The Morgan fingerprint density at radius 2 is 1.63 bits per heavy atom. The first-order valence-electron chi connectivity index (χ1n) is 10.7. The van der Waals surface area contributed by atoms with Crippen LogP contribution in [0.4, 0.5) is 0 Å². The Morgan fingerprint density at radius 3 is 2.30 bits per heavy atom.